The van der Waals surface area contributed by atoms with Crippen LogP contribution in [0.15, 0.2) is 30.9 Å². The zero-order chi connectivity index (χ0) is 23.1. The molecule has 4 aromatic rings. The number of anilines is 2. The topological polar surface area (TPSA) is 122 Å². The summed E-state index contributed by atoms with van der Waals surface area (Å²) in [5, 5.41) is 5.94. The molecule has 0 radical (unpaired) electrons. The fraction of sp³-hybridized carbons (Fsp3) is 0.318. The average molecular weight is 466 g/mol. The SMILES string of the molecule is Cc1cc(N2CCN(C(=O)Cn3nc(-c4ncc[nH]4)c4c(N)ncnc43)CC2)c(C)cc1Cl. The van der Waals surface area contributed by atoms with Gasteiger partial charge in [0.15, 0.2) is 11.5 Å². The van der Waals surface area contributed by atoms with Gasteiger partial charge in [-0.25, -0.2) is 19.6 Å². The van der Waals surface area contributed by atoms with Crippen LogP contribution < -0.4 is 10.6 Å². The molecule has 1 aliphatic heterocycles. The molecule has 11 heteroatoms. The minimum atomic E-state index is -0.0220. The molecule has 1 aliphatic rings. The maximum Gasteiger partial charge on any atom is 0.244 e. The van der Waals surface area contributed by atoms with Gasteiger partial charge in [-0.3, -0.25) is 4.79 Å². The van der Waals surface area contributed by atoms with E-state index in [0.29, 0.717) is 41.5 Å². The highest BCUT2D eigenvalue weighted by atomic mass is 35.5. The first-order chi connectivity index (χ1) is 15.9. The van der Waals surface area contributed by atoms with Gasteiger partial charge in [-0.05, 0) is 37.1 Å². The largest absolute Gasteiger partial charge is 0.383 e. The molecule has 1 amide bonds. The molecule has 1 saturated heterocycles. The fourth-order valence-corrected chi connectivity index (χ4v) is 4.45. The van der Waals surface area contributed by atoms with Crippen LogP contribution in [0.1, 0.15) is 11.1 Å². The summed E-state index contributed by atoms with van der Waals surface area (Å²) in [7, 11) is 0. The summed E-state index contributed by atoms with van der Waals surface area (Å²) >= 11 is 6.25. The Labute approximate surface area is 195 Å². The van der Waals surface area contributed by atoms with E-state index >= 15 is 0 Å². The first-order valence-electron chi connectivity index (χ1n) is 10.7. The monoisotopic (exact) mass is 465 g/mol. The molecule has 33 heavy (non-hydrogen) atoms. The number of nitrogen functional groups attached to an aromatic ring is 1. The van der Waals surface area contributed by atoms with E-state index in [-0.39, 0.29) is 12.5 Å². The van der Waals surface area contributed by atoms with Crippen LogP contribution in [0.5, 0.6) is 0 Å². The van der Waals surface area contributed by atoms with Gasteiger partial charge >= 0.3 is 0 Å². The highest BCUT2D eigenvalue weighted by Crippen LogP contribution is 2.29. The van der Waals surface area contributed by atoms with Gasteiger partial charge in [-0.2, -0.15) is 5.10 Å². The smallest absolute Gasteiger partial charge is 0.244 e. The Bertz CT molecular complexity index is 1320. The number of amides is 1. The summed E-state index contributed by atoms with van der Waals surface area (Å²) in [4.78, 5) is 33.0. The van der Waals surface area contributed by atoms with Gasteiger partial charge in [0.05, 0.1) is 5.39 Å². The van der Waals surface area contributed by atoms with E-state index in [1.165, 1.54) is 6.33 Å². The number of benzene rings is 1. The van der Waals surface area contributed by atoms with Gasteiger partial charge in [-0.15, -0.1) is 0 Å². The first-order valence-corrected chi connectivity index (χ1v) is 11.1. The molecule has 0 saturated carbocycles. The van der Waals surface area contributed by atoms with Crippen molar-refractivity contribution < 1.29 is 4.79 Å². The number of fused-ring (bicyclic) bond motifs is 1. The predicted octanol–water partition coefficient (Wildman–Crippen LogP) is 2.42. The third-order valence-electron chi connectivity index (χ3n) is 6.02. The normalized spacial score (nSPS) is 14.3. The Kier molecular flexibility index (Phi) is 5.37. The van der Waals surface area contributed by atoms with Gasteiger partial charge in [-0.1, -0.05) is 11.6 Å². The third-order valence-corrected chi connectivity index (χ3v) is 6.42. The average Bonchev–Trinajstić information content (AvgIpc) is 3.45. The Balaban J connectivity index is 1.33. The predicted molar refractivity (Wildman–Crippen MR) is 127 cm³/mol. The highest BCUT2D eigenvalue weighted by Gasteiger charge is 2.25. The van der Waals surface area contributed by atoms with Crippen molar-refractivity contribution >= 4 is 40.0 Å². The number of H-pyrrole nitrogens is 1. The van der Waals surface area contributed by atoms with E-state index in [1.807, 2.05) is 17.9 Å². The van der Waals surface area contributed by atoms with Gasteiger partial charge in [0.1, 0.15) is 24.4 Å². The lowest BCUT2D eigenvalue weighted by Crippen LogP contribution is -2.49. The van der Waals surface area contributed by atoms with Crippen molar-refractivity contribution in [2.24, 2.45) is 0 Å². The van der Waals surface area contributed by atoms with Crippen molar-refractivity contribution in [3.63, 3.8) is 0 Å². The molecule has 1 fully saturated rings. The standard InChI is InChI=1S/C22H24ClN9O/c1-13-10-16(14(2)9-15(13)23)30-5-7-31(8-6-30)17(33)11-32-22-18(20(24)27-12-28-22)19(29-32)21-25-3-4-26-21/h3-4,9-10,12H,5-8,11H2,1-2H3,(H,25,26)(H2,24,27,28). The third kappa shape index (κ3) is 3.86. The Hall–Kier alpha value is -3.66. The van der Waals surface area contributed by atoms with Gasteiger partial charge in [0, 0.05) is 49.3 Å². The number of halogens is 1. The lowest BCUT2D eigenvalue weighted by molar-refractivity contribution is -0.132. The van der Waals surface area contributed by atoms with Crippen molar-refractivity contribution in [2.75, 3.05) is 36.8 Å². The molecule has 4 heterocycles. The van der Waals surface area contributed by atoms with Crippen molar-refractivity contribution in [3.05, 3.63) is 47.0 Å². The Morgan fingerprint density at radius 1 is 1.12 bits per heavy atom. The molecule has 10 nitrogen and oxygen atoms in total. The van der Waals surface area contributed by atoms with Crippen LogP contribution >= 0.6 is 11.6 Å². The van der Waals surface area contributed by atoms with Crippen LogP contribution in [0.25, 0.3) is 22.6 Å². The molecule has 0 spiro atoms. The number of rotatable bonds is 4. The molecule has 3 aromatic heterocycles. The van der Waals surface area contributed by atoms with E-state index in [1.54, 1.807) is 17.1 Å². The number of aryl methyl sites for hydroxylation is 2. The summed E-state index contributed by atoms with van der Waals surface area (Å²) in [6.07, 6.45) is 4.71. The van der Waals surface area contributed by atoms with Crippen LogP contribution in [0.4, 0.5) is 11.5 Å². The summed E-state index contributed by atoms with van der Waals surface area (Å²) < 4.78 is 1.58. The number of nitrogens with zero attached hydrogens (tertiary/aromatic N) is 7. The number of piperazine rings is 1. The molecule has 3 N–H and O–H groups in total. The summed E-state index contributed by atoms with van der Waals surface area (Å²) in [5.41, 5.74) is 10.5. The molecule has 170 valence electrons. The molecular weight excluding hydrogens is 442 g/mol. The molecule has 0 aliphatic carbocycles. The van der Waals surface area contributed by atoms with Crippen LogP contribution in [0.3, 0.4) is 0 Å². The van der Waals surface area contributed by atoms with Gasteiger partial charge < -0.3 is 20.5 Å². The van der Waals surface area contributed by atoms with Crippen molar-refractivity contribution in [1.82, 2.24) is 34.6 Å². The molecule has 0 bridgehead atoms. The quantitative estimate of drug-likeness (QED) is 0.474. The summed E-state index contributed by atoms with van der Waals surface area (Å²) in [5.74, 6) is 0.827. The number of nitrogens with one attached hydrogen (secondary N) is 1. The van der Waals surface area contributed by atoms with Crippen LogP contribution in [0, 0.1) is 13.8 Å². The van der Waals surface area contributed by atoms with E-state index in [9.17, 15) is 4.79 Å². The maximum atomic E-state index is 13.1. The Morgan fingerprint density at radius 3 is 2.64 bits per heavy atom. The molecule has 0 unspecified atom stereocenters. The number of carbonyl (C=O) groups is 1. The first kappa shape index (κ1) is 21.2. The second-order valence-corrected chi connectivity index (χ2v) is 8.56. The number of imidazole rings is 1. The van der Waals surface area contributed by atoms with Gasteiger partial charge in [0.2, 0.25) is 5.91 Å². The zero-order valence-electron chi connectivity index (χ0n) is 18.4. The highest BCUT2D eigenvalue weighted by molar-refractivity contribution is 6.31. The molecule has 1 aromatic carbocycles. The van der Waals surface area contributed by atoms with Crippen molar-refractivity contribution in [1.29, 1.82) is 0 Å². The van der Waals surface area contributed by atoms with Gasteiger partial charge in [0.25, 0.3) is 0 Å². The molecular formula is C22H24ClN9O. The minimum Gasteiger partial charge on any atom is -0.383 e. The van der Waals surface area contributed by atoms with Crippen molar-refractivity contribution in [3.8, 4) is 11.5 Å². The zero-order valence-corrected chi connectivity index (χ0v) is 19.2. The number of aromatic nitrogens is 6. The van der Waals surface area contributed by atoms with Crippen LogP contribution in [-0.4, -0.2) is 66.7 Å². The minimum absolute atomic E-state index is 0.0220. The summed E-state index contributed by atoms with van der Waals surface area (Å²) in [6.45, 7) is 6.88. The lowest BCUT2D eigenvalue weighted by atomic mass is 10.1. The van der Waals surface area contributed by atoms with E-state index < -0.39 is 0 Å². The number of carbonyl (C=O) groups excluding carboxylic acids is 1. The number of aromatic amines is 1. The second-order valence-electron chi connectivity index (χ2n) is 8.16. The maximum absolute atomic E-state index is 13.1. The van der Waals surface area contributed by atoms with E-state index in [4.69, 9.17) is 17.3 Å². The molecule has 0 atom stereocenters. The second kappa shape index (κ2) is 8.36. The van der Waals surface area contributed by atoms with Crippen molar-refractivity contribution in [2.45, 2.75) is 20.4 Å². The van der Waals surface area contributed by atoms with Crippen LogP contribution in [0.2, 0.25) is 5.02 Å². The summed E-state index contributed by atoms with van der Waals surface area (Å²) in [6, 6.07) is 4.11. The number of hydrogen-bond donors (Lipinski definition) is 2. The van der Waals surface area contributed by atoms with E-state index in [2.05, 4.69) is 42.9 Å². The van der Waals surface area contributed by atoms with E-state index in [0.717, 1.165) is 34.9 Å². The van der Waals surface area contributed by atoms with Crippen LogP contribution in [-0.2, 0) is 11.3 Å². The Morgan fingerprint density at radius 2 is 1.91 bits per heavy atom. The lowest BCUT2D eigenvalue weighted by Gasteiger charge is -2.37. The number of nitrogens with two attached hydrogens (primary N) is 1. The number of hydrogen-bond acceptors (Lipinski definition) is 7. The molecule has 5 rings (SSSR count). The fourth-order valence-electron chi connectivity index (χ4n) is 4.23.